The van der Waals surface area contributed by atoms with Crippen LogP contribution in [0.5, 0.6) is 5.75 Å². The van der Waals surface area contributed by atoms with Gasteiger partial charge in [-0.15, -0.1) is 10.2 Å². The molecule has 7 nitrogen and oxygen atoms in total. The summed E-state index contributed by atoms with van der Waals surface area (Å²) in [6.45, 7) is 2.59. The van der Waals surface area contributed by atoms with Crippen LogP contribution in [0.4, 0.5) is 5.13 Å². The highest BCUT2D eigenvalue weighted by molar-refractivity contribution is 8.01. The van der Waals surface area contributed by atoms with E-state index in [9.17, 15) is 4.79 Å². The van der Waals surface area contributed by atoms with Gasteiger partial charge in [-0.1, -0.05) is 47.4 Å². The number of nitrogens with zero attached hydrogens (tertiary/aromatic N) is 3. The number of benzene rings is 2. The molecule has 0 radical (unpaired) electrons. The molecule has 0 aliphatic carbocycles. The third-order valence-corrected chi connectivity index (χ3v) is 5.57. The van der Waals surface area contributed by atoms with E-state index in [0.29, 0.717) is 16.1 Å². The Kier molecular flexibility index (Phi) is 6.99. The van der Waals surface area contributed by atoms with E-state index in [1.807, 2.05) is 36.4 Å². The summed E-state index contributed by atoms with van der Waals surface area (Å²) in [5.74, 6) is 0.739. The van der Waals surface area contributed by atoms with Gasteiger partial charge in [0.1, 0.15) is 12.4 Å². The molecule has 1 aromatic heterocycles. The van der Waals surface area contributed by atoms with E-state index in [0.717, 1.165) is 16.9 Å². The molecule has 0 atom stereocenters. The zero-order valence-corrected chi connectivity index (χ0v) is 16.8. The minimum Gasteiger partial charge on any atom is -0.489 e. The summed E-state index contributed by atoms with van der Waals surface area (Å²) in [4.78, 5) is 11.8. The first kappa shape index (κ1) is 19.8. The Balaban J connectivity index is 1.43. The van der Waals surface area contributed by atoms with Gasteiger partial charge in [-0.3, -0.25) is 4.79 Å². The molecule has 3 N–H and O–H groups in total. The smallest absolute Gasteiger partial charge is 0.250 e. The van der Waals surface area contributed by atoms with Gasteiger partial charge in [-0.05, 0) is 47.9 Å². The average molecular weight is 414 g/mol. The maximum atomic E-state index is 11.8. The summed E-state index contributed by atoms with van der Waals surface area (Å²) in [6, 6.07) is 15.6. The van der Waals surface area contributed by atoms with Gasteiger partial charge in [0.15, 0.2) is 4.34 Å². The number of aromatic nitrogens is 2. The molecule has 3 aromatic rings. The lowest BCUT2D eigenvalue weighted by Gasteiger charge is -2.08. The van der Waals surface area contributed by atoms with Crippen molar-refractivity contribution in [1.29, 1.82) is 0 Å². The van der Waals surface area contributed by atoms with Gasteiger partial charge in [0.25, 0.3) is 5.91 Å². The number of hydrazone groups is 1. The lowest BCUT2D eigenvalue weighted by atomic mass is 10.1. The lowest BCUT2D eigenvalue weighted by molar-refractivity contribution is -0.118. The number of nitrogens with two attached hydrogens (primary N) is 1. The van der Waals surface area contributed by atoms with E-state index in [2.05, 4.69) is 39.8 Å². The molecule has 1 heterocycles. The van der Waals surface area contributed by atoms with Crippen molar-refractivity contribution in [2.75, 3.05) is 11.5 Å². The van der Waals surface area contributed by atoms with Crippen molar-refractivity contribution in [3.8, 4) is 5.75 Å². The third-order valence-electron chi connectivity index (χ3n) is 3.69. The number of carbonyl (C=O) groups excluding carboxylic acids is 1. The SMILES string of the molecule is Cc1ccccc1COc1ccc(C=NNC(=O)CSc2nnc(N)s2)cc1. The molecule has 0 aliphatic heterocycles. The first-order valence-electron chi connectivity index (χ1n) is 8.41. The fourth-order valence-corrected chi connectivity index (χ4v) is 3.63. The molecule has 0 fully saturated rings. The lowest BCUT2D eigenvalue weighted by Crippen LogP contribution is -2.19. The molecule has 28 heavy (non-hydrogen) atoms. The van der Waals surface area contributed by atoms with Crippen LogP contribution >= 0.6 is 23.1 Å². The van der Waals surface area contributed by atoms with E-state index in [-0.39, 0.29) is 11.7 Å². The van der Waals surface area contributed by atoms with Crippen molar-refractivity contribution >= 4 is 40.4 Å². The number of anilines is 1. The Morgan fingerprint density at radius 1 is 1.25 bits per heavy atom. The third kappa shape index (κ3) is 6.07. The van der Waals surface area contributed by atoms with E-state index >= 15 is 0 Å². The normalized spacial score (nSPS) is 10.9. The maximum absolute atomic E-state index is 11.8. The largest absolute Gasteiger partial charge is 0.489 e. The first-order valence-corrected chi connectivity index (χ1v) is 10.2. The van der Waals surface area contributed by atoms with Gasteiger partial charge in [-0.25, -0.2) is 5.43 Å². The molecule has 0 unspecified atom stereocenters. The van der Waals surface area contributed by atoms with Crippen LogP contribution < -0.4 is 15.9 Å². The predicted molar refractivity (Wildman–Crippen MR) is 113 cm³/mol. The Morgan fingerprint density at radius 3 is 2.75 bits per heavy atom. The first-order chi connectivity index (χ1) is 13.6. The maximum Gasteiger partial charge on any atom is 0.250 e. The summed E-state index contributed by atoms with van der Waals surface area (Å²) in [6.07, 6.45) is 1.58. The molecule has 3 rings (SSSR count). The van der Waals surface area contributed by atoms with Crippen LogP contribution in [0, 0.1) is 6.92 Å². The van der Waals surface area contributed by atoms with E-state index in [1.165, 1.54) is 28.7 Å². The fourth-order valence-electron chi connectivity index (χ4n) is 2.20. The van der Waals surface area contributed by atoms with Gasteiger partial charge in [-0.2, -0.15) is 5.10 Å². The highest BCUT2D eigenvalue weighted by atomic mass is 32.2. The molecular formula is C19H19N5O2S2. The van der Waals surface area contributed by atoms with E-state index < -0.39 is 0 Å². The van der Waals surface area contributed by atoms with E-state index in [4.69, 9.17) is 10.5 Å². The zero-order chi connectivity index (χ0) is 19.8. The molecule has 0 saturated heterocycles. The van der Waals surface area contributed by atoms with Crippen LogP contribution in [-0.2, 0) is 11.4 Å². The van der Waals surface area contributed by atoms with Crippen LogP contribution in [0.3, 0.4) is 0 Å². The summed E-state index contributed by atoms with van der Waals surface area (Å²) >= 11 is 2.51. The van der Waals surface area contributed by atoms with Crippen molar-refractivity contribution in [2.45, 2.75) is 17.9 Å². The van der Waals surface area contributed by atoms with Crippen LogP contribution in [-0.4, -0.2) is 28.1 Å². The second-order valence-corrected chi connectivity index (χ2v) is 8.00. The highest BCUT2D eigenvalue weighted by Crippen LogP contribution is 2.23. The number of ether oxygens (including phenoxy) is 1. The van der Waals surface area contributed by atoms with Crippen LogP contribution in [0.15, 0.2) is 58.0 Å². The molecule has 0 bridgehead atoms. The number of nitrogen functional groups attached to an aromatic ring is 1. The standard InChI is InChI=1S/C19H19N5O2S2/c1-13-4-2-3-5-15(13)11-26-16-8-6-14(7-9-16)10-21-22-17(25)12-27-19-24-23-18(20)28-19/h2-10H,11-12H2,1H3,(H2,20,23)(H,22,25). The number of rotatable bonds is 8. The van der Waals surface area contributed by atoms with E-state index in [1.54, 1.807) is 6.21 Å². The second kappa shape index (κ2) is 9.86. The molecule has 0 saturated carbocycles. The zero-order valence-electron chi connectivity index (χ0n) is 15.2. The molecule has 0 spiro atoms. The monoisotopic (exact) mass is 413 g/mol. The fraction of sp³-hybridized carbons (Fsp3) is 0.158. The van der Waals surface area contributed by atoms with Gasteiger partial charge < -0.3 is 10.5 Å². The van der Waals surface area contributed by atoms with Crippen LogP contribution in [0.25, 0.3) is 0 Å². The summed E-state index contributed by atoms with van der Waals surface area (Å²) in [5.41, 5.74) is 11.2. The minimum atomic E-state index is -0.229. The van der Waals surface area contributed by atoms with Crippen molar-refractivity contribution in [1.82, 2.24) is 15.6 Å². The molecule has 0 aliphatic rings. The minimum absolute atomic E-state index is 0.192. The Hall–Kier alpha value is -2.91. The summed E-state index contributed by atoms with van der Waals surface area (Å²) in [5, 5.41) is 11.9. The van der Waals surface area contributed by atoms with Crippen molar-refractivity contribution in [3.63, 3.8) is 0 Å². The Morgan fingerprint density at radius 2 is 2.04 bits per heavy atom. The Bertz CT molecular complexity index is 957. The van der Waals surface area contributed by atoms with Gasteiger partial charge in [0.2, 0.25) is 5.13 Å². The average Bonchev–Trinajstić information content (AvgIpc) is 3.12. The highest BCUT2D eigenvalue weighted by Gasteiger charge is 2.06. The quantitative estimate of drug-likeness (QED) is 0.334. The van der Waals surface area contributed by atoms with Gasteiger partial charge >= 0.3 is 0 Å². The van der Waals surface area contributed by atoms with Gasteiger partial charge in [0.05, 0.1) is 12.0 Å². The Labute approximate surface area is 171 Å². The topological polar surface area (TPSA) is 102 Å². The number of nitrogens with one attached hydrogen (secondary N) is 1. The summed E-state index contributed by atoms with van der Waals surface area (Å²) in [7, 11) is 0. The molecule has 144 valence electrons. The number of hydrogen-bond donors (Lipinski definition) is 2. The summed E-state index contributed by atoms with van der Waals surface area (Å²) < 4.78 is 6.46. The van der Waals surface area contributed by atoms with Crippen molar-refractivity contribution < 1.29 is 9.53 Å². The number of carbonyl (C=O) groups is 1. The van der Waals surface area contributed by atoms with Crippen LogP contribution in [0.2, 0.25) is 0 Å². The number of hydrogen-bond acceptors (Lipinski definition) is 8. The molecular weight excluding hydrogens is 394 g/mol. The number of thioether (sulfide) groups is 1. The van der Waals surface area contributed by atoms with Crippen molar-refractivity contribution in [3.05, 3.63) is 65.2 Å². The van der Waals surface area contributed by atoms with Crippen LogP contribution in [0.1, 0.15) is 16.7 Å². The second-order valence-electron chi connectivity index (χ2n) is 5.77. The molecule has 9 heteroatoms. The van der Waals surface area contributed by atoms with Crippen molar-refractivity contribution in [2.24, 2.45) is 5.10 Å². The van der Waals surface area contributed by atoms with Gasteiger partial charge in [0, 0.05) is 0 Å². The number of aryl methyl sites for hydroxylation is 1. The molecule has 2 aromatic carbocycles. The molecule has 1 amide bonds. The predicted octanol–water partition coefficient (Wildman–Crippen LogP) is 3.25. The number of amides is 1.